The van der Waals surface area contributed by atoms with Crippen molar-refractivity contribution < 1.29 is 18.7 Å². The Morgan fingerprint density at radius 3 is 2.86 bits per heavy atom. The fourth-order valence-electron chi connectivity index (χ4n) is 3.04. The number of aromatic nitrogens is 3. The second kappa shape index (κ2) is 7.70. The minimum absolute atomic E-state index is 0.0686. The summed E-state index contributed by atoms with van der Waals surface area (Å²) in [5.74, 6) is -0.883. The topological polar surface area (TPSA) is 89.4 Å². The molecule has 1 atom stereocenters. The van der Waals surface area contributed by atoms with E-state index in [-0.39, 0.29) is 24.8 Å². The van der Waals surface area contributed by atoms with Crippen molar-refractivity contribution in [2.45, 2.75) is 12.6 Å². The lowest BCUT2D eigenvalue weighted by Gasteiger charge is -2.19. The first-order chi connectivity index (χ1) is 14.0. The molecule has 0 saturated carbocycles. The minimum Gasteiger partial charge on any atom is -0.487 e. The largest absolute Gasteiger partial charge is 0.487 e. The number of hydrogen-bond acceptors (Lipinski definition) is 5. The van der Waals surface area contributed by atoms with Gasteiger partial charge in [-0.1, -0.05) is 30.3 Å². The number of nitrogens with one attached hydrogen (secondary N) is 1. The molecular formula is C20H18FN5O3. The van der Waals surface area contributed by atoms with Gasteiger partial charge in [0.2, 0.25) is 5.95 Å². The van der Waals surface area contributed by atoms with Crippen LogP contribution in [0.2, 0.25) is 0 Å². The molecule has 0 aliphatic carbocycles. The number of anilines is 1. The highest BCUT2D eigenvalue weighted by Crippen LogP contribution is 2.27. The number of fused-ring (bicyclic) bond motifs is 1. The lowest BCUT2D eigenvalue weighted by molar-refractivity contribution is -0.120. The zero-order valence-corrected chi connectivity index (χ0v) is 15.6. The average Bonchev–Trinajstić information content (AvgIpc) is 3.06. The van der Waals surface area contributed by atoms with Crippen LogP contribution in [0.4, 0.5) is 10.2 Å². The Bertz CT molecular complexity index is 1050. The molecule has 0 saturated heterocycles. The summed E-state index contributed by atoms with van der Waals surface area (Å²) < 4.78 is 20.9. The van der Waals surface area contributed by atoms with Crippen LogP contribution in [0, 0.1) is 5.95 Å². The van der Waals surface area contributed by atoms with E-state index in [2.05, 4.69) is 15.4 Å². The van der Waals surface area contributed by atoms with Crippen molar-refractivity contribution >= 4 is 17.6 Å². The van der Waals surface area contributed by atoms with Gasteiger partial charge in [0.15, 0.2) is 17.3 Å². The monoisotopic (exact) mass is 395 g/mol. The molecule has 1 aromatic carbocycles. The molecule has 3 heterocycles. The fraction of sp³-hybridized carbons (Fsp3) is 0.200. The molecule has 3 aromatic rings. The predicted octanol–water partition coefficient (Wildman–Crippen LogP) is 1.62. The third-order valence-corrected chi connectivity index (χ3v) is 4.55. The summed E-state index contributed by atoms with van der Waals surface area (Å²) in [5.41, 5.74) is 0.731. The van der Waals surface area contributed by atoms with Crippen LogP contribution in [-0.2, 0) is 11.3 Å². The predicted molar refractivity (Wildman–Crippen MR) is 102 cm³/mol. The Kier molecular flexibility index (Phi) is 4.94. The Hall–Kier alpha value is -3.75. The lowest BCUT2D eigenvalue weighted by Crippen LogP contribution is -2.49. The first kappa shape index (κ1) is 18.6. The van der Waals surface area contributed by atoms with Gasteiger partial charge in [-0.25, -0.2) is 9.67 Å². The summed E-state index contributed by atoms with van der Waals surface area (Å²) in [4.78, 5) is 30.7. The van der Waals surface area contributed by atoms with Crippen molar-refractivity contribution in [2.75, 3.05) is 18.6 Å². The number of pyridine rings is 1. The average molecular weight is 395 g/mol. The smallest absolute Gasteiger partial charge is 0.272 e. The van der Waals surface area contributed by atoms with E-state index >= 15 is 0 Å². The van der Waals surface area contributed by atoms with Gasteiger partial charge in [0.25, 0.3) is 11.8 Å². The SMILES string of the molecule is CN1C(=O)C(NC(=O)c2cc(F)n(Cc3ccccc3)n2)COc2cccnc21. The standard InChI is InChI=1S/C20H18FN5O3/c1-25-18-16(8-5-9-22-18)29-12-15(20(25)28)23-19(27)14-10-17(21)26(24-14)11-13-6-3-2-4-7-13/h2-10,15H,11-12H2,1H3,(H,23,27). The lowest BCUT2D eigenvalue weighted by atomic mass is 10.2. The van der Waals surface area contributed by atoms with Crippen LogP contribution >= 0.6 is 0 Å². The Morgan fingerprint density at radius 2 is 2.07 bits per heavy atom. The van der Waals surface area contributed by atoms with Crippen molar-refractivity contribution in [3.05, 3.63) is 71.9 Å². The van der Waals surface area contributed by atoms with Gasteiger partial charge in [0, 0.05) is 19.3 Å². The zero-order valence-electron chi connectivity index (χ0n) is 15.6. The second-order valence-electron chi connectivity index (χ2n) is 6.56. The highest BCUT2D eigenvalue weighted by atomic mass is 19.1. The van der Waals surface area contributed by atoms with Gasteiger partial charge in [-0.15, -0.1) is 0 Å². The maximum absolute atomic E-state index is 14.2. The zero-order chi connectivity index (χ0) is 20.4. The van der Waals surface area contributed by atoms with Crippen LogP contribution in [-0.4, -0.2) is 46.3 Å². The molecule has 9 heteroatoms. The molecule has 8 nitrogen and oxygen atoms in total. The molecule has 1 N–H and O–H groups in total. The van der Waals surface area contributed by atoms with E-state index in [4.69, 9.17) is 4.74 Å². The van der Waals surface area contributed by atoms with Crippen molar-refractivity contribution in [1.82, 2.24) is 20.1 Å². The van der Waals surface area contributed by atoms with Gasteiger partial charge in [0.05, 0.1) is 6.54 Å². The molecule has 29 heavy (non-hydrogen) atoms. The van der Waals surface area contributed by atoms with Gasteiger partial charge in [-0.3, -0.25) is 14.5 Å². The first-order valence-electron chi connectivity index (χ1n) is 8.96. The number of benzene rings is 1. The third kappa shape index (κ3) is 3.79. The van der Waals surface area contributed by atoms with Gasteiger partial charge in [-0.2, -0.15) is 9.49 Å². The highest BCUT2D eigenvalue weighted by Gasteiger charge is 2.32. The molecule has 0 bridgehead atoms. The molecule has 0 fully saturated rings. The van der Waals surface area contributed by atoms with E-state index in [1.165, 1.54) is 4.90 Å². The number of hydrogen-bond donors (Lipinski definition) is 1. The van der Waals surface area contributed by atoms with Crippen LogP contribution in [0.1, 0.15) is 16.1 Å². The molecule has 1 aliphatic rings. The van der Waals surface area contributed by atoms with Crippen LogP contribution < -0.4 is 15.0 Å². The Labute approximate surface area is 165 Å². The number of ether oxygens (including phenoxy) is 1. The number of carbonyl (C=O) groups excluding carboxylic acids is 2. The first-order valence-corrected chi connectivity index (χ1v) is 8.96. The normalized spacial score (nSPS) is 16.0. The van der Waals surface area contributed by atoms with Gasteiger partial charge in [0.1, 0.15) is 12.6 Å². The van der Waals surface area contributed by atoms with Crippen LogP contribution in [0.3, 0.4) is 0 Å². The quantitative estimate of drug-likeness (QED) is 0.725. The maximum Gasteiger partial charge on any atom is 0.272 e. The molecule has 1 aliphatic heterocycles. The van der Waals surface area contributed by atoms with Crippen LogP contribution in [0.15, 0.2) is 54.7 Å². The molecule has 1 unspecified atom stereocenters. The van der Waals surface area contributed by atoms with Gasteiger partial charge < -0.3 is 10.1 Å². The van der Waals surface area contributed by atoms with E-state index in [0.717, 1.165) is 16.3 Å². The highest BCUT2D eigenvalue weighted by molar-refractivity contribution is 6.02. The molecule has 0 radical (unpaired) electrons. The minimum atomic E-state index is -0.955. The van der Waals surface area contributed by atoms with Gasteiger partial charge in [-0.05, 0) is 17.7 Å². The van der Waals surface area contributed by atoms with E-state index in [0.29, 0.717) is 11.6 Å². The number of rotatable bonds is 4. The number of likely N-dealkylation sites (N-methyl/N-ethyl adjacent to an activating group) is 1. The second-order valence-corrected chi connectivity index (χ2v) is 6.56. The van der Waals surface area contributed by atoms with Crippen LogP contribution in [0.25, 0.3) is 0 Å². The molecule has 0 spiro atoms. The number of amides is 2. The summed E-state index contributed by atoms with van der Waals surface area (Å²) in [7, 11) is 1.55. The fourth-order valence-corrected chi connectivity index (χ4v) is 3.04. The summed E-state index contributed by atoms with van der Waals surface area (Å²) in [6, 6.07) is 12.7. The summed E-state index contributed by atoms with van der Waals surface area (Å²) in [5, 5.41) is 6.60. The Balaban J connectivity index is 1.48. The molecular weight excluding hydrogens is 377 g/mol. The molecule has 2 amide bonds. The summed E-state index contributed by atoms with van der Waals surface area (Å²) >= 11 is 0. The van der Waals surface area contributed by atoms with Crippen molar-refractivity contribution in [3.8, 4) is 5.75 Å². The number of carbonyl (C=O) groups is 2. The number of halogens is 1. The third-order valence-electron chi connectivity index (χ3n) is 4.55. The summed E-state index contributed by atoms with van der Waals surface area (Å²) in [6.07, 6.45) is 1.55. The van der Waals surface area contributed by atoms with E-state index in [9.17, 15) is 14.0 Å². The van der Waals surface area contributed by atoms with E-state index in [1.807, 2.05) is 30.3 Å². The van der Waals surface area contributed by atoms with Crippen molar-refractivity contribution in [3.63, 3.8) is 0 Å². The summed E-state index contributed by atoms with van der Waals surface area (Å²) in [6.45, 7) is 0.121. The molecule has 4 rings (SSSR count). The molecule has 148 valence electrons. The maximum atomic E-state index is 14.2. The van der Waals surface area contributed by atoms with Crippen molar-refractivity contribution in [2.24, 2.45) is 0 Å². The molecule has 2 aromatic heterocycles. The van der Waals surface area contributed by atoms with Crippen LogP contribution in [0.5, 0.6) is 5.75 Å². The van der Waals surface area contributed by atoms with Gasteiger partial charge >= 0.3 is 0 Å². The Morgan fingerprint density at radius 1 is 1.28 bits per heavy atom. The van der Waals surface area contributed by atoms with E-state index in [1.54, 1.807) is 25.4 Å². The van der Waals surface area contributed by atoms with E-state index < -0.39 is 17.9 Å². The van der Waals surface area contributed by atoms with Crippen molar-refractivity contribution in [1.29, 1.82) is 0 Å². The number of nitrogens with zero attached hydrogens (tertiary/aromatic N) is 4.